The van der Waals surface area contributed by atoms with Crippen LogP contribution in [0.5, 0.6) is 17.2 Å². The van der Waals surface area contributed by atoms with Gasteiger partial charge in [-0.25, -0.2) is 4.79 Å². The molecule has 0 radical (unpaired) electrons. The zero-order valence-electron chi connectivity index (χ0n) is 22.6. The number of carbonyl (C=O) groups excluding carboxylic acids is 1. The molecule has 39 heavy (non-hydrogen) atoms. The average molecular weight is 536 g/mol. The van der Waals surface area contributed by atoms with Crippen molar-refractivity contribution in [2.24, 2.45) is 5.92 Å². The molecule has 0 saturated carbocycles. The standard InChI is InChI=1S/C30H33NO8/c1-18(2)24-12-20-13-28(38-11-5-10-36-3)29(39-17-27(33)19-6-8-21(37-4)9-7-19)14-22(20)25-15-26(32)23(30(34)35)16-31(24)25/h6-9,13-16,18,24H,5,10-12,17H2,1-4H3,(H,34,35). The van der Waals surface area contributed by atoms with Crippen LogP contribution in [0.25, 0.3) is 11.3 Å². The summed E-state index contributed by atoms with van der Waals surface area (Å²) in [7, 11) is 3.18. The molecular weight excluding hydrogens is 502 g/mol. The topological polar surface area (TPSA) is 113 Å². The van der Waals surface area contributed by atoms with Crippen molar-refractivity contribution < 1.29 is 33.6 Å². The first-order chi connectivity index (χ1) is 18.7. The summed E-state index contributed by atoms with van der Waals surface area (Å²) >= 11 is 0. The van der Waals surface area contributed by atoms with E-state index in [0.29, 0.717) is 54.6 Å². The van der Waals surface area contributed by atoms with Crippen molar-refractivity contribution in [3.8, 4) is 28.5 Å². The van der Waals surface area contributed by atoms with Crippen molar-refractivity contribution >= 4 is 11.8 Å². The van der Waals surface area contributed by atoms with Crippen LogP contribution >= 0.6 is 0 Å². The van der Waals surface area contributed by atoms with Crippen molar-refractivity contribution in [2.45, 2.75) is 32.7 Å². The fourth-order valence-electron chi connectivity index (χ4n) is 4.71. The van der Waals surface area contributed by atoms with E-state index in [9.17, 15) is 19.5 Å². The third-order valence-corrected chi connectivity index (χ3v) is 6.83. The number of aromatic carboxylic acids is 1. The van der Waals surface area contributed by atoms with Crippen molar-refractivity contribution in [1.82, 2.24) is 4.57 Å². The summed E-state index contributed by atoms with van der Waals surface area (Å²) in [6.07, 6.45) is 2.71. The summed E-state index contributed by atoms with van der Waals surface area (Å²) in [5, 5.41) is 9.54. The molecule has 206 valence electrons. The smallest absolute Gasteiger partial charge is 0.341 e. The Kier molecular flexibility index (Phi) is 8.71. The van der Waals surface area contributed by atoms with E-state index in [2.05, 4.69) is 13.8 Å². The highest BCUT2D eigenvalue weighted by Crippen LogP contribution is 2.43. The Morgan fingerprint density at radius 3 is 2.38 bits per heavy atom. The van der Waals surface area contributed by atoms with Gasteiger partial charge in [-0.15, -0.1) is 0 Å². The molecule has 0 saturated heterocycles. The number of hydrogen-bond donors (Lipinski definition) is 1. The zero-order valence-corrected chi connectivity index (χ0v) is 22.6. The van der Waals surface area contributed by atoms with Crippen LogP contribution in [0.15, 0.2) is 53.5 Å². The fourth-order valence-corrected chi connectivity index (χ4v) is 4.71. The van der Waals surface area contributed by atoms with Gasteiger partial charge in [0.1, 0.15) is 11.3 Å². The number of pyridine rings is 1. The maximum Gasteiger partial charge on any atom is 0.341 e. The van der Waals surface area contributed by atoms with Crippen molar-refractivity contribution in [1.29, 1.82) is 0 Å². The van der Waals surface area contributed by atoms with Gasteiger partial charge in [-0.05, 0) is 54.3 Å². The minimum atomic E-state index is -1.26. The lowest BCUT2D eigenvalue weighted by Gasteiger charge is -2.34. The molecule has 2 aromatic carbocycles. The minimum absolute atomic E-state index is 0.0593. The van der Waals surface area contributed by atoms with Gasteiger partial charge in [-0.3, -0.25) is 9.59 Å². The molecule has 9 heteroatoms. The summed E-state index contributed by atoms with van der Waals surface area (Å²) in [6.45, 7) is 4.82. The van der Waals surface area contributed by atoms with E-state index < -0.39 is 11.4 Å². The van der Waals surface area contributed by atoms with E-state index in [-0.39, 0.29) is 29.9 Å². The summed E-state index contributed by atoms with van der Waals surface area (Å²) < 4.78 is 24.2. The molecule has 1 aliphatic rings. The molecule has 0 fully saturated rings. The Morgan fingerprint density at radius 1 is 1.03 bits per heavy atom. The number of benzene rings is 2. The van der Waals surface area contributed by atoms with Gasteiger partial charge in [-0.1, -0.05) is 13.8 Å². The number of carboxylic acid groups (broad SMARTS) is 1. The van der Waals surface area contributed by atoms with Crippen LogP contribution in [-0.4, -0.2) is 55.5 Å². The molecule has 1 unspecified atom stereocenters. The number of methoxy groups -OCH3 is 2. The van der Waals surface area contributed by atoms with Crippen LogP contribution in [0.2, 0.25) is 0 Å². The highest BCUT2D eigenvalue weighted by Gasteiger charge is 2.29. The second-order valence-corrected chi connectivity index (χ2v) is 9.76. The van der Waals surface area contributed by atoms with E-state index >= 15 is 0 Å². The largest absolute Gasteiger partial charge is 0.497 e. The Bertz CT molecular complexity index is 1410. The Hall–Kier alpha value is -4.11. The molecular formula is C30H33NO8. The second kappa shape index (κ2) is 12.2. The average Bonchev–Trinajstić information content (AvgIpc) is 2.93. The number of fused-ring (bicyclic) bond motifs is 3. The first-order valence-corrected chi connectivity index (χ1v) is 12.8. The predicted molar refractivity (Wildman–Crippen MR) is 145 cm³/mol. The van der Waals surface area contributed by atoms with E-state index in [4.69, 9.17) is 18.9 Å². The highest BCUT2D eigenvalue weighted by molar-refractivity contribution is 5.97. The predicted octanol–water partition coefficient (Wildman–Crippen LogP) is 4.65. The molecule has 3 aromatic rings. The van der Waals surface area contributed by atoms with Crippen LogP contribution in [0.4, 0.5) is 0 Å². The summed E-state index contributed by atoms with van der Waals surface area (Å²) in [5.74, 6) is 0.191. The van der Waals surface area contributed by atoms with Gasteiger partial charge in [0, 0.05) is 49.6 Å². The van der Waals surface area contributed by atoms with Crippen LogP contribution in [0.1, 0.15) is 52.6 Å². The van der Waals surface area contributed by atoms with Gasteiger partial charge < -0.3 is 28.6 Å². The third kappa shape index (κ3) is 6.15. The maximum absolute atomic E-state index is 12.9. The molecule has 1 aliphatic heterocycles. The van der Waals surface area contributed by atoms with Crippen molar-refractivity contribution in [3.05, 3.63) is 75.6 Å². The van der Waals surface area contributed by atoms with Gasteiger partial charge in [0.15, 0.2) is 29.3 Å². The molecule has 0 spiro atoms. The van der Waals surface area contributed by atoms with Crippen LogP contribution in [0.3, 0.4) is 0 Å². The molecule has 1 aromatic heterocycles. The number of ether oxygens (including phenoxy) is 4. The summed E-state index contributed by atoms with van der Waals surface area (Å²) in [5.41, 5.74) is 1.92. The first kappa shape index (κ1) is 27.9. The lowest BCUT2D eigenvalue weighted by Crippen LogP contribution is -2.28. The number of aromatic nitrogens is 1. The molecule has 1 N–H and O–H groups in total. The monoisotopic (exact) mass is 535 g/mol. The maximum atomic E-state index is 12.9. The molecule has 0 amide bonds. The first-order valence-electron chi connectivity index (χ1n) is 12.8. The van der Waals surface area contributed by atoms with Gasteiger partial charge in [0.2, 0.25) is 0 Å². The van der Waals surface area contributed by atoms with Crippen LogP contribution in [-0.2, 0) is 11.2 Å². The number of nitrogens with zero attached hydrogens (tertiary/aromatic N) is 1. The molecule has 1 atom stereocenters. The van der Waals surface area contributed by atoms with Crippen LogP contribution < -0.4 is 19.6 Å². The Balaban J connectivity index is 1.72. The number of Topliss-reactive ketones (excluding diaryl/α,β-unsaturated/α-hetero) is 1. The summed E-state index contributed by atoms with van der Waals surface area (Å²) in [6, 6.07) is 11.7. The number of hydrogen-bond acceptors (Lipinski definition) is 7. The van der Waals surface area contributed by atoms with E-state index in [1.807, 2.05) is 10.6 Å². The normalized spacial score (nSPS) is 13.9. The zero-order chi connectivity index (χ0) is 28.1. The number of rotatable bonds is 12. The number of carbonyl (C=O) groups is 2. The van der Waals surface area contributed by atoms with Crippen molar-refractivity contribution in [3.63, 3.8) is 0 Å². The summed E-state index contributed by atoms with van der Waals surface area (Å²) in [4.78, 5) is 37.2. The lowest BCUT2D eigenvalue weighted by atomic mass is 9.87. The van der Waals surface area contributed by atoms with Gasteiger partial charge in [0.05, 0.1) is 19.4 Å². The Labute approximate surface area is 226 Å². The van der Waals surface area contributed by atoms with Crippen LogP contribution in [0, 0.1) is 5.92 Å². The van der Waals surface area contributed by atoms with Gasteiger partial charge in [0.25, 0.3) is 0 Å². The van der Waals surface area contributed by atoms with E-state index in [1.165, 1.54) is 12.3 Å². The highest BCUT2D eigenvalue weighted by atomic mass is 16.5. The van der Waals surface area contributed by atoms with Crippen molar-refractivity contribution in [2.75, 3.05) is 34.0 Å². The number of ketones is 1. The minimum Gasteiger partial charge on any atom is -0.497 e. The molecule has 4 rings (SSSR count). The van der Waals surface area contributed by atoms with Gasteiger partial charge >= 0.3 is 5.97 Å². The van der Waals surface area contributed by atoms with E-state index in [0.717, 1.165) is 11.1 Å². The molecule has 0 bridgehead atoms. The second-order valence-electron chi connectivity index (χ2n) is 9.76. The Morgan fingerprint density at radius 2 is 1.74 bits per heavy atom. The molecule has 9 nitrogen and oxygen atoms in total. The van der Waals surface area contributed by atoms with E-state index in [1.54, 1.807) is 44.6 Å². The van der Waals surface area contributed by atoms with Gasteiger partial charge in [-0.2, -0.15) is 0 Å². The number of carboxylic acids is 1. The molecule has 0 aliphatic carbocycles. The third-order valence-electron chi connectivity index (χ3n) is 6.83. The quantitative estimate of drug-likeness (QED) is 0.263. The lowest BCUT2D eigenvalue weighted by molar-refractivity contribution is 0.0693. The molecule has 2 heterocycles. The fraction of sp³-hybridized carbons (Fsp3) is 0.367. The SMILES string of the molecule is COCCCOc1cc2c(cc1OCC(=O)c1ccc(OC)cc1)-c1cc(=O)c(C(=O)O)cn1C(C(C)C)C2.